The minimum Gasteiger partial charge on any atom is -0.309 e. The third kappa shape index (κ3) is 3.59. The maximum Gasteiger partial charge on any atom is 0.416 e. The molecule has 0 bridgehead atoms. The van der Waals surface area contributed by atoms with Crippen LogP contribution < -0.4 is 5.32 Å². The average molecular weight is 227 g/mol. The van der Waals surface area contributed by atoms with Crippen molar-refractivity contribution in [1.29, 1.82) is 0 Å². The van der Waals surface area contributed by atoms with Crippen molar-refractivity contribution in [3.05, 3.63) is 35.4 Å². The molecule has 0 radical (unpaired) electrons. The predicted molar refractivity (Wildman–Crippen MR) is 56.9 cm³/mol. The first-order valence-corrected chi connectivity index (χ1v) is 4.81. The van der Waals surface area contributed by atoms with Gasteiger partial charge in [0.25, 0.3) is 0 Å². The lowest BCUT2D eigenvalue weighted by Gasteiger charge is -2.10. The van der Waals surface area contributed by atoms with E-state index in [1.54, 1.807) is 13.1 Å². The van der Waals surface area contributed by atoms with Gasteiger partial charge in [-0.3, -0.25) is 0 Å². The van der Waals surface area contributed by atoms with Gasteiger partial charge in [-0.2, -0.15) is 13.2 Å². The highest BCUT2D eigenvalue weighted by atomic mass is 19.4. The third-order valence-corrected chi connectivity index (χ3v) is 1.99. The van der Waals surface area contributed by atoms with Crippen LogP contribution in [0.4, 0.5) is 13.2 Å². The fourth-order valence-corrected chi connectivity index (χ4v) is 1.26. The number of benzene rings is 1. The molecule has 1 nitrogen and oxygen atoms in total. The fourth-order valence-electron chi connectivity index (χ4n) is 1.26. The van der Waals surface area contributed by atoms with Crippen LogP contribution in [0.5, 0.6) is 0 Å². The second-order valence-corrected chi connectivity index (χ2v) is 3.22. The van der Waals surface area contributed by atoms with Gasteiger partial charge < -0.3 is 5.32 Å². The van der Waals surface area contributed by atoms with Gasteiger partial charge in [-0.25, -0.2) is 0 Å². The summed E-state index contributed by atoms with van der Waals surface area (Å²) in [6, 6.07) is 5.50. The van der Waals surface area contributed by atoms with Crippen molar-refractivity contribution in [3.63, 3.8) is 0 Å². The van der Waals surface area contributed by atoms with Crippen LogP contribution in [0, 0.1) is 11.8 Å². The number of hydrogen-bond acceptors (Lipinski definition) is 1. The van der Waals surface area contributed by atoms with Crippen molar-refractivity contribution in [3.8, 4) is 11.8 Å². The summed E-state index contributed by atoms with van der Waals surface area (Å²) >= 11 is 0. The summed E-state index contributed by atoms with van der Waals surface area (Å²) in [7, 11) is 1.73. The highest BCUT2D eigenvalue weighted by molar-refractivity contribution is 5.32. The van der Waals surface area contributed by atoms with Gasteiger partial charge in [-0.05, 0) is 18.7 Å². The minimum atomic E-state index is -4.30. The van der Waals surface area contributed by atoms with Gasteiger partial charge in [0.15, 0.2) is 0 Å². The number of hydrogen-bond donors (Lipinski definition) is 1. The van der Waals surface area contributed by atoms with Crippen molar-refractivity contribution in [2.45, 2.75) is 12.6 Å². The summed E-state index contributed by atoms with van der Waals surface area (Å²) in [5, 5.41) is 2.80. The first-order chi connectivity index (χ1) is 7.55. The van der Waals surface area contributed by atoms with Crippen molar-refractivity contribution in [2.24, 2.45) is 0 Å². The van der Waals surface area contributed by atoms with Crippen LogP contribution in [0.1, 0.15) is 11.1 Å². The molecule has 1 rings (SSSR count). The molecule has 0 spiro atoms. The Kier molecular flexibility index (Phi) is 4.39. The molecule has 0 unspecified atom stereocenters. The molecule has 4 heteroatoms. The molecule has 0 saturated carbocycles. The predicted octanol–water partition coefficient (Wildman–Crippen LogP) is 2.47. The molecule has 0 aliphatic rings. The van der Waals surface area contributed by atoms with Gasteiger partial charge in [0.1, 0.15) is 0 Å². The SMILES string of the molecule is CNCC#CCc1ccccc1C(F)(F)F. The van der Waals surface area contributed by atoms with Crippen LogP contribution in [0.15, 0.2) is 24.3 Å². The molecule has 0 saturated heterocycles. The smallest absolute Gasteiger partial charge is 0.309 e. The van der Waals surface area contributed by atoms with Crippen LogP contribution in [-0.2, 0) is 12.6 Å². The van der Waals surface area contributed by atoms with Gasteiger partial charge in [0.2, 0.25) is 0 Å². The number of alkyl halides is 3. The van der Waals surface area contributed by atoms with Crippen molar-refractivity contribution in [2.75, 3.05) is 13.6 Å². The second-order valence-electron chi connectivity index (χ2n) is 3.22. The standard InChI is InChI=1S/C12H12F3N/c1-16-9-5-4-7-10-6-2-3-8-11(10)12(13,14)15/h2-3,6,8,16H,7,9H2,1H3. The lowest BCUT2D eigenvalue weighted by Crippen LogP contribution is -2.08. The van der Waals surface area contributed by atoms with E-state index in [0.717, 1.165) is 6.07 Å². The molecule has 0 aliphatic heterocycles. The summed E-state index contributed by atoms with van der Waals surface area (Å²) < 4.78 is 37.7. The van der Waals surface area contributed by atoms with E-state index in [1.165, 1.54) is 12.1 Å². The lowest BCUT2D eigenvalue weighted by molar-refractivity contribution is -0.138. The van der Waals surface area contributed by atoms with Crippen molar-refractivity contribution in [1.82, 2.24) is 5.32 Å². The van der Waals surface area contributed by atoms with E-state index in [2.05, 4.69) is 17.2 Å². The molecule has 0 atom stereocenters. The first-order valence-electron chi connectivity index (χ1n) is 4.81. The molecule has 0 aromatic heterocycles. The summed E-state index contributed by atoms with van der Waals surface area (Å²) in [5.41, 5.74) is -0.382. The monoisotopic (exact) mass is 227 g/mol. The highest BCUT2D eigenvalue weighted by Crippen LogP contribution is 2.31. The number of rotatable bonds is 2. The summed E-state index contributed by atoms with van der Waals surface area (Å²) in [4.78, 5) is 0. The molecule has 86 valence electrons. The Balaban J connectivity index is 2.85. The van der Waals surface area contributed by atoms with Gasteiger partial charge in [0.05, 0.1) is 12.1 Å². The Morgan fingerprint density at radius 2 is 1.88 bits per heavy atom. The molecule has 0 amide bonds. The molecule has 0 aliphatic carbocycles. The molecular formula is C12H12F3N. The Morgan fingerprint density at radius 3 is 2.50 bits per heavy atom. The third-order valence-electron chi connectivity index (χ3n) is 1.99. The first kappa shape index (κ1) is 12.6. The normalized spacial score (nSPS) is 10.8. The van der Waals surface area contributed by atoms with E-state index in [4.69, 9.17) is 0 Å². The zero-order valence-corrected chi connectivity index (χ0v) is 8.86. The quantitative estimate of drug-likeness (QED) is 0.765. The number of nitrogens with one attached hydrogen (secondary N) is 1. The molecule has 0 heterocycles. The molecule has 1 aromatic carbocycles. The van der Waals surface area contributed by atoms with Crippen LogP contribution >= 0.6 is 0 Å². The summed E-state index contributed by atoms with van der Waals surface area (Å²) in [6.07, 6.45) is -4.18. The topological polar surface area (TPSA) is 12.0 Å². The Hall–Kier alpha value is -1.47. The molecule has 1 aromatic rings. The fraction of sp³-hybridized carbons (Fsp3) is 0.333. The largest absolute Gasteiger partial charge is 0.416 e. The molecular weight excluding hydrogens is 215 g/mol. The maximum absolute atomic E-state index is 12.6. The van der Waals surface area contributed by atoms with Crippen LogP contribution in [0.25, 0.3) is 0 Å². The average Bonchev–Trinajstić information content (AvgIpc) is 2.24. The van der Waals surface area contributed by atoms with E-state index in [1.807, 2.05) is 0 Å². The molecule has 16 heavy (non-hydrogen) atoms. The van der Waals surface area contributed by atoms with Gasteiger partial charge in [-0.15, -0.1) is 0 Å². The van der Waals surface area contributed by atoms with Gasteiger partial charge in [-0.1, -0.05) is 30.0 Å². The Labute approximate surface area is 92.7 Å². The molecule has 1 N–H and O–H groups in total. The van der Waals surface area contributed by atoms with Gasteiger partial charge >= 0.3 is 6.18 Å². The summed E-state index contributed by atoms with van der Waals surface area (Å²) in [5.74, 6) is 5.44. The zero-order valence-electron chi connectivity index (χ0n) is 8.86. The van der Waals surface area contributed by atoms with Crippen LogP contribution in [0.2, 0.25) is 0 Å². The zero-order chi connectivity index (χ0) is 12.0. The second kappa shape index (κ2) is 5.57. The van der Waals surface area contributed by atoms with E-state index < -0.39 is 11.7 Å². The van der Waals surface area contributed by atoms with E-state index in [0.29, 0.717) is 6.54 Å². The van der Waals surface area contributed by atoms with E-state index >= 15 is 0 Å². The Morgan fingerprint density at radius 1 is 1.19 bits per heavy atom. The Bertz CT molecular complexity index is 399. The van der Waals surface area contributed by atoms with Crippen LogP contribution in [-0.4, -0.2) is 13.6 Å². The van der Waals surface area contributed by atoms with Crippen molar-refractivity contribution < 1.29 is 13.2 Å². The van der Waals surface area contributed by atoms with Crippen molar-refractivity contribution >= 4 is 0 Å². The lowest BCUT2D eigenvalue weighted by atomic mass is 10.0. The molecule has 0 fully saturated rings. The highest BCUT2D eigenvalue weighted by Gasteiger charge is 2.32. The van der Waals surface area contributed by atoms with Gasteiger partial charge in [0, 0.05) is 6.42 Å². The maximum atomic E-state index is 12.6. The van der Waals surface area contributed by atoms with Crippen LogP contribution in [0.3, 0.4) is 0 Å². The number of halogens is 3. The van der Waals surface area contributed by atoms with E-state index in [9.17, 15) is 13.2 Å². The summed E-state index contributed by atoms with van der Waals surface area (Å²) in [6.45, 7) is 0.480. The van der Waals surface area contributed by atoms with E-state index in [-0.39, 0.29) is 12.0 Å². The minimum absolute atomic E-state index is 0.122.